The lowest BCUT2D eigenvalue weighted by atomic mass is 10.2. The number of benzene rings is 2. The number of ether oxygens (including phenoxy) is 1. The van der Waals surface area contributed by atoms with Crippen LogP contribution < -0.4 is 5.32 Å². The number of aromatic nitrogens is 1. The number of thiazole rings is 1. The first kappa shape index (κ1) is 19.1. The van der Waals surface area contributed by atoms with E-state index in [0.29, 0.717) is 17.0 Å². The molecule has 1 amide bonds. The van der Waals surface area contributed by atoms with E-state index in [0.717, 1.165) is 16.2 Å². The van der Waals surface area contributed by atoms with Crippen LogP contribution in [0.2, 0.25) is 0 Å². The van der Waals surface area contributed by atoms with Crippen molar-refractivity contribution >= 4 is 40.7 Å². The minimum atomic E-state index is -0.518. The molecule has 0 unspecified atom stereocenters. The quantitative estimate of drug-likeness (QED) is 0.467. The van der Waals surface area contributed by atoms with Gasteiger partial charge in [0, 0.05) is 21.7 Å². The average molecular weight is 399 g/mol. The van der Waals surface area contributed by atoms with Gasteiger partial charge in [-0.05, 0) is 31.2 Å². The van der Waals surface area contributed by atoms with Crippen molar-refractivity contribution in [2.45, 2.75) is 17.6 Å². The van der Waals surface area contributed by atoms with Gasteiger partial charge in [-0.2, -0.15) is 0 Å². The van der Waals surface area contributed by atoms with Crippen LogP contribution in [0.15, 0.2) is 64.3 Å². The fourth-order valence-electron chi connectivity index (χ4n) is 2.26. The zero-order chi connectivity index (χ0) is 19.1. The van der Waals surface area contributed by atoms with E-state index >= 15 is 0 Å². The number of rotatable bonds is 7. The number of nitrogens with zero attached hydrogens (tertiary/aromatic N) is 1. The number of carbonyl (C=O) groups excluding carboxylic acids is 2. The molecule has 2 aromatic carbocycles. The van der Waals surface area contributed by atoms with E-state index in [1.165, 1.54) is 23.1 Å². The predicted octanol–water partition coefficient (Wildman–Crippen LogP) is 4.54. The lowest BCUT2D eigenvalue weighted by Gasteiger charge is -2.09. The van der Waals surface area contributed by atoms with Gasteiger partial charge in [-0.3, -0.25) is 4.79 Å². The van der Waals surface area contributed by atoms with E-state index in [2.05, 4.69) is 10.3 Å². The van der Waals surface area contributed by atoms with Crippen molar-refractivity contribution in [1.82, 2.24) is 4.98 Å². The number of aryl methyl sites for hydroxylation is 1. The van der Waals surface area contributed by atoms with Crippen LogP contribution in [0.3, 0.4) is 0 Å². The van der Waals surface area contributed by atoms with Crippen LogP contribution in [0.5, 0.6) is 0 Å². The molecule has 27 heavy (non-hydrogen) atoms. The summed E-state index contributed by atoms with van der Waals surface area (Å²) in [4.78, 5) is 29.4. The molecule has 5 nitrogen and oxygen atoms in total. The van der Waals surface area contributed by atoms with Gasteiger partial charge in [0.25, 0.3) is 5.91 Å². The second-order valence-corrected chi connectivity index (χ2v) is 7.49. The van der Waals surface area contributed by atoms with E-state index < -0.39 is 5.97 Å². The second-order valence-electron chi connectivity index (χ2n) is 5.75. The van der Waals surface area contributed by atoms with Gasteiger partial charge < -0.3 is 10.1 Å². The van der Waals surface area contributed by atoms with Gasteiger partial charge in [-0.15, -0.1) is 23.1 Å². The second kappa shape index (κ2) is 9.34. The first-order chi connectivity index (χ1) is 13.1. The van der Waals surface area contributed by atoms with Crippen molar-refractivity contribution in [1.29, 1.82) is 0 Å². The average Bonchev–Trinajstić information content (AvgIpc) is 3.20. The predicted molar refractivity (Wildman–Crippen MR) is 108 cm³/mol. The summed E-state index contributed by atoms with van der Waals surface area (Å²) in [5.74, 6) is -0.225. The van der Waals surface area contributed by atoms with Crippen molar-refractivity contribution in [2.75, 3.05) is 11.9 Å². The Balaban J connectivity index is 1.55. The summed E-state index contributed by atoms with van der Waals surface area (Å²) in [5.41, 5.74) is 4.96. The number of esters is 1. The van der Waals surface area contributed by atoms with Gasteiger partial charge in [0.05, 0.1) is 16.8 Å². The topological polar surface area (TPSA) is 68.3 Å². The molecule has 1 aromatic heterocycles. The first-order valence-electron chi connectivity index (χ1n) is 8.24. The fourth-order valence-corrected chi connectivity index (χ4v) is 3.87. The fraction of sp³-hybridized carbons (Fsp3) is 0.150. The summed E-state index contributed by atoms with van der Waals surface area (Å²) in [5, 5.41) is 4.68. The largest absolute Gasteiger partial charge is 0.452 e. The molecule has 0 spiro atoms. The number of carbonyl (C=O) groups is 2. The summed E-state index contributed by atoms with van der Waals surface area (Å²) >= 11 is 3.05. The third-order valence-corrected chi connectivity index (χ3v) is 5.38. The van der Waals surface area contributed by atoms with Gasteiger partial charge in [0.2, 0.25) is 0 Å². The van der Waals surface area contributed by atoms with E-state index in [1.807, 2.05) is 36.6 Å². The summed E-state index contributed by atoms with van der Waals surface area (Å²) in [6, 6.07) is 14.6. The number of thioether (sulfide) groups is 1. The number of anilines is 1. The summed E-state index contributed by atoms with van der Waals surface area (Å²) in [7, 11) is 0. The zero-order valence-electron chi connectivity index (χ0n) is 14.7. The molecule has 1 N–H and O–H groups in total. The molecule has 1 heterocycles. The Morgan fingerprint density at radius 3 is 2.67 bits per heavy atom. The summed E-state index contributed by atoms with van der Waals surface area (Å²) in [6.07, 6.45) is 0. The molecule has 3 aromatic rings. The molecule has 0 radical (unpaired) electrons. The molecule has 0 fully saturated rings. The Morgan fingerprint density at radius 2 is 1.93 bits per heavy atom. The number of hydrogen-bond donors (Lipinski definition) is 1. The molecule has 138 valence electrons. The molecule has 0 aliphatic carbocycles. The van der Waals surface area contributed by atoms with Crippen molar-refractivity contribution in [2.24, 2.45) is 0 Å². The smallest absolute Gasteiger partial charge is 0.339 e. The molecule has 0 atom stereocenters. The van der Waals surface area contributed by atoms with E-state index in [1.54, 1.807) is 29.8 Å². The monoisotopic (exact) mass is 398 g/mol. The Labute approximate surface area is 165 Å². The van der Waals surface area contributed by atoms with Crippen molar-refractivity contribution < 1.29 is 14.3 Å². The van der Waals surface area contributed by atoms with E-state index in [-0.39, 0.29) is 12.5 Å². The molecule has 0 aliphatic heterocycles. The third-order valence-electron chi connectivity index (χ3n) is 3.64. The Kier molecular flexibility index (Phi) is 6.62. The van der Waals surface area contributed by atoms with Crippen LogP contribution >= 0.6 is 23.1 Å². The van der Waals surface area contributed by atoms with Crippen molar-refractivity contribution in [3.05, 3.63) is 76.2 Å². The highest BCUT2D eigenvalue weighted by Crippen LogP contribution is 2.26. The zero-order valence-corrected chi connectivity index (χ0v) is 16.3. The third kappa shape index (κ3) is 5.67. The van der Waals surface area contributed by atoms with Crippen LogP contribution in [0.4, 0.5) is 5.69 Å². The SMILES string of the molecule is Cc1ccc(NC(=O)COC(=O)c2ccccc2SCc2cscn2)cc1. The molecule has 7 heteroatoms. The van der Waals surface area contributed by atoms with Gasteiger partial charge >= 0.3 is 5.97 Å². The highest BCUT2D eigenvalue weighted by Gasteiger charge is 2.15. The normalized spacial score (nSPS) is 10.4. The highest BCUT2D eigenvalue weighted by atomic mass is 32.2. The molecule has 3 rings (SSSR count). The lowest BCUT2D eigenvalue weighted by molar-refractivity contribution is -0.119. The minimum Gasteiger partial charge on any atom is -0.452 e. The van der Waals surface area contributed by atoms with Crippen LogP contribution in [-0.4, -0.2) is 23.5 Å². The van der Waals surface area contributed by atoms with Crippen LogP contribution in [0, 0.1) is 6.92 Å². The number of amides is 1. The Bertz CT molecular complexity index is 909. The number of hydrogen-bond acceptors (Lipinski definition) is 6. The van der Waals surface area contributed by atoms with Gasteiger partial charge in [0.15, 0.2) is 6.61 Å². The van der Waals surface area contributed by atoms with Gasteiger partial charge in [0.1, 0.15) is 0 Å². The number of nitrogens with one attached hydrogen (secondary N) is 1. The first-order valence-corrected chi connectivity index (χ1v) is 10.2. The van der Waals surface area contributed by atoms with Gasteiger partial charge in [-0.25, -0.2) is 9.78 Å². The highest BCUT2D eigenvalue weighted by molar-refractivity contribution is 7.98. The van der Waals surface area contributed by atoms with E-state index in [9.17, 15) is 9.59 Å². The Morgan fingerprint density at radius 1 is 1.15 bits per heavy atom. The van der Waals surface area contributed by atoms with Crippen molar-refractivity contribution in [3.8, 4) is 0 Å². The lowest BCUT2D eigenvalue weighted by Crippen LogP contribution is -2.21. The maximum Gasteiger partial charge on any atom is 0.339 e. The molecule has 0 saturated heterocycles. The molecular formula is C20H18N2O3S2. The van der Waals surface area contributed by atoms with Crippen LogP contribution in [0.25, 0.3) is 0 Å². The maximum absolute atomic E-state index is 12.4. The van der Waals surface area contributed by atoms with Gasteiger partial charge in [-0.1, -0.05) is 29.8 Å². The minimum absolute atomic E-state index is 0.336. The van der Waals surface area contributed by atoms with Crippen LogP contribution in [-0.2, 0) is 15.3 Å². The molecule has 0 aliphatic rings. The maximum atomic E-state index is 12.4. The Hall–Kier alpha value is -2.64. The molecule has 0 saturated carbocycles. The molecule has 0 bridgehead atoms. The summed E-state index contributed by atoms with van der Waals surface area (Å²) in [6.45, 7) is 1.63. The van der Waals surface area contributed by atoms with E-state index in [4.69, 9.17) is 4.74 Å². The van der Waals surface area contributed by atoms with Crippen molar-refractivity contribution in [3.63, 3.8) is 0 Å². The summed E-state index contributed by atoms with van der Waals surface area (Å²) < 4.78 is 5.19. The standard InChI is InChI=1S/C20H18N2O3S2/c1-14-6-8-15(9-7-14)22-19(23)10-25-20(24)17-4-2-3-5-18(17)27-12-16-11-26-13-21-16/h2-9,11,13H,10,12H2,1H3,(H,22,23). The van der Waals surface area contributed by atoms with Crippen LogP contribution in [0.1, 0.15) is 21.6 Å². The molecular weight excluding hydrogens is 380 g/mol.